The van der Waals surface area contributed by atoms with Crippen LogP contribution in [0.1, 0.15) is 62.0 Å². The van der Waals surface area contributed by atoms with E-state index in [4.69, 9.17) is 4.74 Å². The van der Waals surface area contributed by atoms with Crippen molar-refractivity contribution in [3.63, 3.8) is 0 Å². The normalized spacial score (nSPS) is 15.8. The second-order valence-electron chi connectivity index (χ2n) is 9.95. The molecule has 0 spiro atoms. The molecule has 36 heavy (non-hydrogen) atoms. The highest BCUT2D eigenvalue weighted by atomic mass is 32.1. The Morgan fingerprint density at radius 2 is 1.86 bits per heavy atom. The molecule has 2 aromatic rings. The molecule has 0 radical (unpaired) electrons. The van der Waals surface area contributed by atoms with Crippen molar-refractivity contribution < 1.29 is 19.1 Å². The van der Waals surface area contributed by atoms with Gasteiger partial charge in [0.15, 0.2) is 5.13 Å². The molecule has 2 saturated carbocycles. The molecule has 2 aliphatic carbocycles. The number of carbonyl (C=O) groups is 3. The van der Waals surface area contributed by atoms with Crippen molar-refractivity contribution in [3.8, 4) is 0 Å². The van der Waals surface area contributed by atoms with E-state index in [1.54, 1.807) is 29.9 Å². The Kier molecular flexibility index (Phi) is 8.40. The first kappa shape index (κ1) is 25.9. The van der Waals surface area contributed by atoms with Gasteiger partial charge in [0.1, 0.15) is 18.3 Å². The minimum absolute atomic E-state index is 0.0726. The number of thiazole rings is 1. The summed E-state index contributed by atoms with van der Waals surface area (Å²) in [5.41, 5.74) is 5.98. The molecule has 2 fully saturated rings. The number of rotatable bonds is 11. The van der Waals surface area contributed by atoms with Gasteiger partial charge in [-0.15, -0.1) is 11.3 Å². The van der Waals surface area contributed by atoms with Crippen molar-refractivity contribution in [2.75, 3.05) is 18.5 Å². The third kappa shape index (κ3) is 7.16. The molecule has 0 aliphatic heterocycles. The number of hydrogen-bond acceptors (Lipinski definition) is 8. The molecule has 10 nitrogen and oxygen atoms in total. The van der Waals surface area contributed by atoms with Gasteiger partial charge >= 0.3 is 6.09 Å². The molecule has 1 atom stereocenters. The number of nitrogens with zero attached hydrogens (tertiary/aromatic N) is 4. The minimum Gasteiger partial charge on any atom is -0.445 e. The van der Waals surface area contributed by atoms with E-state index in [0.717, 1.165) is 23.2 Å². The topological polar surface area (TPSA) is 117 Å². The summed E-state index contributed by atoms with van der Waals surface area (Å²) in [6.07, 6.45) is 7.87. The standard InChI is InChI=1S/C25H34N6O4S/c1-16(2)12-21(30(3)25(34)35-14-18-8-10-26-11-9-18)23(33)29-28-22(32)20-15-36-24(27-20)31(19-6-7-19)13-17-4-5-17/h8-11,15-17,19,21H,4-7,12-14H2,1-3H3,(H,28,32)(H,29,33)/t21-/m0/s1. The Hall–Kier alpha value is -3.21. The van der Waals surface area contributed by atoms with Crippen LogP contribution in [0.3, 0.4) is 0 Å². The number of hydrazine groups is 1. The van der Waals surface area contributed by atoms with Gasteiger partial charge in [-0.2, -0.15) is 0 Å². The number of carbonyl (C=O) groups excluding carboxylic acids is 3. The maximum Gasteiger partial charge on any atom is 0.410 e. The van der Waals surface area contributed by atoms with Gasteiger partial charge in [0.05, 0.1) is 0 Å². The average molecular weight is 515 g/mol. The minimum atomic E-state index is -0.815. The molecule has 0 unspecified atom stereocenters. The van der Waals surface area contributed by atoms with E-state index in [-0.39, 0.29) is 18.2 Å². The van der Waals surface area contributed by atoms with Crippen LogP contribution in [0.2, 0.25) is 0 Å². The molecule has 4 rings (SSSR count). The van der Waals surface area contributed by atoms with Crippen molar-refractivity contribution in [3.05, 3.63) is 41.2 Å². The van der Waals surface area contributed by atoms with Gasteiger partial charge in [-0.05, 0) is 61.6 Å². The van der Waals surface area contributed by atoms with Crippen molar-refractivity contribution in [2.45, 2.75) is 64.6 Å². The number of nitrogens with one attached hydrogen (secondary N) is 2. The van der Waals surface area contributed by atoms with Crippen molar-refractivity contribution in [1.29, 1.82) is 0 Å². The van der Waals surface area contributed by atoms with E-state index in [1.165, 1.54) is 49.0 Å². The van der Waals surface area contributed by atoms with E-state index in [9.17, 15) is 14.4 Å². The van der Waals surface area contributed by atoms with Crippen LogP contribution >= 0.6 is 11.3 Å². The van der Waals surface area contributed by atoms with Gasteiger partial charge in [0, 0.05) is 37.4 Å². The summed E-state index contributed by atoms with van der Waals surface area (Å²) in [6, 6.07) is 3.21. The summed E-state index contributed by atoms with van der Waals surface area (Å²) in [5.74, 6) is -0.117. The zero-order valence-corrected chi connectivity index (χ0v) is 21.8. The van der Waals surface area contributed by atoms with Gasteiger partial charge in [0.2, 0.25) is 0 Å². The first-order valence-electron chi connectivity index (χ1n) is 12.4. The number of ether oxygens (including phenoxy) is 1. The lowest BCUT2D eigenvalue weighted by Crippen LogP contribution is -2.53. The fraction of sp³-hybridized carbons (Fsp3) is 0.560. The molecule has 2 aromatic heterocycles. The summed E-state index contributed by atoms with van der Waals surface area (Å²) in [5, 5.41) is 2.57. The lowest BCUT2D eigenvalue weighted by Gasteiger charge is -2.28. The zero-order chi connectivity index (χ0) is 25.7. The molecule has 3 amide bonds. The second-order valence-corrected chi connectivity index (χ2v) is 10.8. The Morgan fingerprint density at radius 1 is 1.14 bits per heavy atom. The third-order valence-corrected chi connectivity index (χ3v) is 7.15. The van der Waals surface area contributed by atoms with Gasteiger partial charge in [0.25, 0.3) is 11.8 Å². The third-order valence-electron chi connectivity index (χ3n) is 6.27. The smallest absolute Gasteiger partial charge is 0.410 e. The molecular formula is C25H34N6O4S. The lowest BCUT2D eigenvalue weighted by atomic mass is 10.0. The molecule has 2 heterocycles. The van der Waals surface area contributed by atoms with Crippen molar-refractivity contribution >= 4 is 34.4 Å². The van der Waals surface area contributed by atoms with Crippen LogP contribution in [0.15, 0.2) is 29.9 Å². The SMILES string of the molecule is CC(C)C[C@@H](C(=O)NNC(=O)c1csc(N(CC2CC2)C2CC2)n1)N(C)C(=O)OCc1ccncc1. The largest absolute Gasteiger partial charge is 0.445 e. The van der Waals surface area contributed by atoms with Crippen LogP contribution in [-0.2, 0) is 16.1 Å². The van der Waals surface area contributed by atoms with Crippen molar-refractivity contribution in [2.24, 2.45) is 11.8 Å². The quantitative estimate of drug-likeness (QED) is 0.442. The summed E-state index contributed by atoms with van der Waals surface area (Å²) in [6.45, 7) is 4.98. The highest BCUT2D eigenvalue weighted by molar-refractivity contribution is 7.14. The molecule has 0 aromatic carbocycles. The fourth-order valence-corrected chi connectivity index (χ4v) is 4.74. The number of anilines is 1. The Morgan fingerprint density at radius 3 is 2.50 bits per heavy atom. The molecule has 0 saturated heterocycles. The number of hydrogen-bond donors (Lipinski definition) is 2. The van der Waals surface area contributed by atoms with E-state index < -0.39 is 23.9 Å². The lowest BCUT2D eigenvalue weighted by molar-refractivity contribution is -0.127. The number of amides is 3. The summed E-state index contributed by atoms with van der Waals surface area (Å²) >= 11 is 1.45. The Balaban J connectivity index is 1.31. The maximum absolute atomic E-state index is 13.0. The van der Waals surface area contributed by atoms with Crippen LogP contribution in [0, 0.1) is 11.8 Å². The molecule has 2 N–H and O–H groups in total. The highest BCUT2D eigenvalue weighted by Crippen LogP contribution is 2.38. The molecule has 194 valence electrons. The van der Waals surface area contributed by atoms with E-state index in [0.29, 0.717) is 12.5 Å². The van der Waals surface area contributed by atoms with Gasteiger partial charge < -0.3 is 9.64 Å². The van der Waals surface area contributed by atoms with Gasteiger partial charge in [-0.25, -0.2) is 9.78 Å². The summed E-state index contributed by atoms with van der Waals surface area (Å²) in [7, 11) is 1.52. The van der Waals surface area contributed by atoms with E-state index >= 15 is 0 Å². The first-order valence-corrected chi connectivity index (χ1v) is 13.3. The van der Waals surface area contributed by atoms with E-state index in [1.807, 2.05) is 13.8 Å². The Labute approximate surface area is 215 Å². The summed E-state index contributed by atoms with van der Waals surface area (Å²) in [4.78, 5) is 50.3. The molecule has 2 aliphatic rings. The van der Waals surface area contributed by atoms with Crippen LogP contribution in [0.5, 0.6) is 0 Å². The number of pyridine rings is 1. The average Bonchev–Trinajstić information content (AvgIpc) is 3.81. The fourth-order valence-electron chi connectivity index (χ4n) is 3.86. The zero-order valence-electron chi connectivity index (χ0n) is 21.0. The summed E-state index contributed by atoms with van der Waals surface area (Å²) < 4.78 is 5.36. The Bertz CT molecular complexity index is 1050. The van der Waals surface area contributed by atoms with Gasteiger partial charge in [-0.3, -0.25) is 30.3 Å². The molecule has 11 heteroatoms. The molecular weight excluding hydrogens is 480 g/mol. The highest BCUT2D eigenvalue weighted by Gasteiger charge is 2.35. The van der Waals surface area contributed by atoms with Crippen LogP contribution in [0.25, 0.3) is 0 Å². The van der Waals surface area contributed by atoms with Crippen LogP contribution in [0.4, 0.5) is 9.93 Å². The van der Waals surface area contributed by atoms with Crippen molar-refractivity contribution in [1.82, 2.24) is 25.7 Å². The van der Waals surface area contributed by atoms with E-state index in [2.05, 4.69) is 25.7 Å². The monoisotopic (exact) mass is 514 g/mol. The maximum atomic E-state index is 13.0. The van der Waals surface area contributed by atoms with Gasteiger partial charge in [-0.1, -0.05) is 13.8 Å². The number of likely N-dealkylation sites (N-methyl/N-ethyl adjacent to an activating group) is 1. The predicted molar refractivity (Wildman–Crippen MR) is 136 cm³/mol. The van der Waals surface area contributed by atoms with Crippen LogP contribution < -0.4 is 15.8 Å². The first-order chi connectivity index (χ1) is 17.3. The van der Waals surface area contributed by atoms with Crippen LogP contribution in [-0.4, -0.2) is 58.5 Å². The second kappa shape index (κ2) is 11.7. The number of aromatic nitrogens is 2. The predicted octanol–water partition coefficient (Wildman–Crippen LogP) is 3.36. The molecule has 0 bridgehead atoms.